The van der Waals surface area contributed by atoms with Crippen LogP contribution in [0.3, 0.4) is 0 Å². The Morgan fingerprint density at radius 1 is 1.28 bits per heavy atom. The largest absolute Gasteiger partial charge is 0.490 e. The first-order valence-corrected chi connectivity index (χ1v) is 8.30. The monoisotopic (exact) mass is 344 g/mol. The summed E-state index contributed by atoms with van der Waals surface area (Å²) >= 11 is 0. The number of nitro groups is 1. The van der Waals surface area contributed by atoms with Crippen molar-refractivity contribution < 1.29 is 9.66 Å². The van der Waals surface area contributed by atoms with E-state index in [0.29, 0.717) is 31.2 Å². The van der Waals surface area contributed by atoms with Crippen molar-refractivity contribution in [3.63, 3.8) is 0 Å². The third-order valence-corrected chi connectivity index (χ3v) is 4.33. The van der Waals surface area contributed by atoms with Gasteiger partial charge in [-0.2, -0.15) is 0 Å². The van der Waals surface area contributed by atoms with Crippen LogP contribution in [-0.4, -0.2) is 33.7 Å². The smallest absolute Gasteiger partial charge is 0.293 e. The van der Waals surface area contributed by atoms with Gasteiger partial charge in [-0.1, -0.05) is 0 Å². The minimum absolute atomic E-state index is 0.0230. The molecule has 2 aromatic rings. The van der Waals surface area contributed by atoms with Crippen molar-refractivity contribution in [3.8, 4) is 5.75 Å². The highest BCUT2D eigenvalue weighted by Gasteiger charge is 2.23. The number of anilines is 1. The lowest BCUT2D eigenvalue weighted by Crippen LogP contribution is -2.42. The lowest BCUT2D eigenvalue weighted by atomic mass is 10.1. The first-order chi connectivity index (χ1) is 12.1. The summed E-state index contributed by atoms with van der Waals surface area (Å²) in [5.74, 6) is 1.10. The van der Waals surface area contributed by atoms with Gasteiger partial charge in [-0.05, 0) is 19.1 Å². The van der Waals surface area contributed by atoms with Crippen LogP contribution in [0, 0.1) is 10.1 Å². The Hall–Kier alpha value is -2.90. The number of nitrogens with zero attached hydrogens (tertiary/aromatic N) is 4. The van der Waals surface area contributed by atoms with Gasteiger partial charge in [0.25, 0.3) is 11.2 Å². The van der Waals surface area contributed by atoms with E-state index in [1.54, 1.807) is 29.1 Å². The molecule has 0 amide bonds. The second kappa shape index (κ2) is 7.33. The zero-order chi connectivity index (χ0) is 17.8. The molecular formula is C17H20N4O4. The predicted molar refractivity (Wildman–Crippen MR) is 93.1 cm³/mol. The summed E-state index contributed by atoms with van der Waals surface area (Å²) in [6.45, 7) is 3.92. The topological polar surface area (TPSA) is 90.5 Å². The van der Waals surface area contributed by atoms with E-state index in [-0.39, 0.29) is 17.4 Å². The van der Waals surface area contributed by atoms with Gasteiger partial charge in [-0.3, -0.25) is 14.9 Å². The standard InChI is InChI=1S/C17H20N4O4/c1-2-19-12-9-18-16(17(19)22)20-10-7-15(8-11-20)25-14-5-3-13(4-6-14)21(23)24/h3-6,9,12,15H,2,7-8,10-11H2,1H3. The highest BCUT2D eigenvalue weighted by Crippen LogP contribution is 2.22. The number of ether oxygens (including phenoxy) is 1. The van der Waals surface area contributed by atoms with Crippen molar-refractivity contribution in [2.45, 2.75) is 32.4 Å². The van der Waals surface area contributed by atoms with E-state index in [1.165, 1.54) is 12.1 Å². The van der Waals surface area contributed by atoms with Gasteiger partial charge in [0.05, 0.1) is 4.92 Å². The highest BCUT2D eigenvalue weighted by atomic mass is 16.6. The molecule has 2 heterocycles. The van der Waals surface area contributed by atoms with Crippen LogP contribution in [0.25, 0.3) is 0 Å². The Bertz CT molecular complexity index is 795. The first kappa shape index (κ1) is 16.9. The molecule has 8 heteroatoms. The highest BCUT2D eigenvalue weighted by molar-refractivity contribution is 5.37. The van der Waals surface area contributed by atoms with Gasteiger partial charge in [-0.15, -0.1) is 0 Å². The predicted octanol–water partition coefficient (Wildman–Crippen LogP) is 2.22. The van der Waals surface area contributed by atoms with Crippen molar-refractivity contribution >= 4 is 11.5 Å². The SMILES string of the molecule is CCn1ccnc(N2CCC(Oc3ccc([N+](=O)[O-])cc3)CC2)c1=O. The van der Waals surface area contributed by atoms with Crippen LogP contribution in [0.2, 0.25) is 0 Å². The van der Waals surface area contributed by atoms with Gasteiger partial charge in [0.2, 0.25) is 0 Å². The molecule has 1 aliphatic rings. The van der Waals surface area contributed by atoms with E-state index in [4.69, 9.17) is 4.74 Å². The molecule has 0 radical (unpaired) electrons. The van der Waals surface area contributed by atoms with Crippen LogP contribution >= 0.6 is 0 Å². The molecule has 1 fully saturated rings. The zero-order valence-electron chi connectivity index (χ0n) is 14.0. The van der Waals surface area contributed by atoms with Crippen LogP contribution in [0.4, 0.5) is 11.5 Å². The maximum atomic E-state index is 12.3. The fraction of sp³-hybridized carbons (Fsp3) is 0.412. The molecule has 0 spiro atoms. The number of nitro benzene ring substituents is 1. The molecule has 8 nitrogen and oxygen atoms in total. The van der Waals surface area contributed by atoms with Crippen LogP contribution in [0.5, 0.6) is 5.75 Å². The van der Waals surface area contributed by atoms with Gasteiger partial charge in [0.15, 0.2) is 5.82 Å². The molecule has 25 heavy (non-hydrogen) atoms. The molecule has 0 atom stereocenters. The van der Waals surface area contributed by atoms with Crippen molar-refractivity contribution in [1.29, 1.82) is 0 Å². The molecule has 1 aliphatic heterocycles. The number of hydrogen-bond donors (Lipinski definition) is 0. The van der Waals surface area contributed by atoms with Crippen molar-refractivity contribution in [2.24, 2.45) is 0 Å². The zero-order valence-corrected chi connectivity index (χ0v) is 14.0. The van der Waals surface area contributed by atoms with Gasteiger partial charge in [0.1, 0.15) is 11.9 Å². The second-order valence-electron chi connectivity index (χ2n) is 5.90. The Labute approximate surface area is 144 Å². The first-order valence-electron chi connectivity index (χ1n) is 8.30. The lowest BCUT2D eigenvalue weighted by Gasteiger charge is -2.32. The van der Waals surface area contributed by atoms with Crippen LogP contribution in [0.1, 0.15) is 19.8 Å². The number of piperidine rings is 1. The fourth-order valence-electron chi connectivity index (χ4n) is 2.93. The quantitative estimate of drug-likeness (QED) is 0.610. The average molecular weight is 344 g/mol. The summed E-state index contributed by atoms with van der Waals surface area (Å²) < 4.78 is 7.54. The maximum absolute atomic E-state index is 12.3. The van der Waals surface area contributed by atoms with E-state index in [0.717, 1.165) is 12.8 Å². The summed E-state index contributed by atoms with van der Waals surface area (Å²) in [5.41, 5.74) is -0.0238. The Balaban J connectivity index is 1.60. The second-order valence-corrected chi connectivity index (χ2v) is 5.90. The minimum atomic E-state index is -0.432. The van der Waals surface area contributed by atoms with Crippen LogP contribution in [-0.2, 0) is 6.54 Å². The van der Waals surface area contributed by atoms with Gasteiger partial charge in [0, 0.05) is 57.0 Å². The molecule has 1 aromatic heterocycles. The number of non-ortho nitro benzene ring substituents is 1. The fourth-order valence-corrected chi connectivity index (χ4v) is 2.93. The summed E-state index contributed by atoms with van der Waals surface area (Å²) in [5, 5.41) is 10.7. The van der Waals surface area contributed by atoms with E-state index in [1.807, 2.05) is 11.8 Å². The molecule has 1 saturated heterocycles. The number of hydrogen-bond acceptors (Lipinski definition) is 6. The number of rotatable bonds is 5. The van der Waals surface area contributed by atoms with Gasteiger partial charge >= 0.3 is 0 Å². The maximum Gasteiger partial charge on any atom is 0.293 e. The van der Waals surface area contributed by atoms with E-state index < -0.39 is 4.92 Å². The summed E-state index contributed by atoms with van der Waals surface area (Å²) in [7, 11) is 0. The number of benzene rings is 1. The number of aryl methyl sites for hydroxylation is 1. The third-order valence-electron chi connectivity index (χ3n) is 4.33. The van der Waals surface area contributed by atoms with Gasteiger partial charge in [-0.25, -0.2) is 4.98 Å². The minimum Gasteiger partial charge on any atom is -0.490 e. The Morgan fingerprint density at radius 2 is 1.96 bits per heavy atom. The number of aromatic nitrogens is 2. The molecular weight excluding hydrogens is 324 g/mol. The van der Waals surface area contributed by atoms with Crippen molar-refractivity contribution in [3.05, 3.63) is 57.1 Å². The molecule has 0 aliphatic carbocycles. The Morgan fingerprint density at radius 3 is 2.56 bits per heavy atom. The average Bonchev–Trinajstić information content (AvgIpc) is 2.63. The molecule has 0 unspecified atom stereocenters. The summed E-state index contributed by atoms with van der Waals surface area (Å²) in [6.07, 6.45) is 4.89. The molecule has 1 aromatic carbocycles. The van der Waals surface area contributed by atoms with E-state index in [9.17, 15) is 14.9 Å². The molecule has 0 saturated carbocycles. The molecule has 0 bridgehead atoms. The lowest BCUT2D eigenvalue weighted by molar-refractivity contribution is -0.384. The van der Waals surface area contributed by atoms with Crippen LogP contribution in [0.15, 0.2) is 41.5 Å². The molecule has 0 N–H and O–H groups in total. The normalized spacial score (nSPS) is 15.2. The van der Waals surface area contributed by atoms with E-state index in [2.05, 4.69) is 4.98 Å². The van der Waals surface area contributed by atoms with Crippen molar-refractivity contribution in [2.75, 3.05) is 18.0 Å². The summed E-state index contributed by atoms with van der Waals surface area (Å²) in [4.78, 5) is 28.8. The molecule has 132 valence electrons. The summed E-state index contributed by atoms with van der Waals surface area (Å²) in [6, 6.07) is 6.10. The Kier molecular flexibility index (Phi) is 4.97. The van der Waals surface area contributed by atoms with Crippen molar-refractivity contribution in [1.82, 2.24) is 9.55 Å². The van der Waals surface area contributed by atoms with Crippen LogP contribution < -0.4 is 15.2 Å². The molecule has 3 rings (SSSR count). The van der Waals surface area contributed by atoms with E-state index >= 15 is 0 Å². The third kappa shape index (κ3) is 3.78. The van der Waals surface area contributed by atoms with Gasteiger partial charge < -0.3 is 14.2 Å².